The minimum absolute atomic E-state index is 0.392. The van der Waals surface area contributed by atoms with Gasteiger partial charge in [0.25, 0.3) is 0 Å². The van der Waals surface area contributed by atoms with Crippen LogP contribution in [0.2, 0.25) is 0 Å². The molecule has 1 aliphatic heterocycles. The predicted octanol–water partition coefficient (Wildman–Crippen LogP) is 0.845. The second kappa shape index (κ2) is 2.62. The third-order valence-corrected chi connectivity index (χ3v) is 2.28. The highest BCUT2D eigenvalue weighted by atomic mass is 16.4. The molecule has 0 radical (unpaired) electrons. The highest BCUT2D eigenvalue weighted by Gasteiger charge is 2.24. The minimum Gasteiger partial charge on any atom is -0.480 e. The maximum absolute atomic E-state index is 10.8. The summed E-state index contributed by atoms with van der Waals surface area (Å²) in [7, 11) is 0. The Kier molecular flexibility index (Phi) is 1.60. The van der Waals surface area contributed by atoms with E-state index in [4.69, 9.17) is 5.11 Å². The standard InChI is InChI=1S/C8H10N2O2/c11-8(12)7-3-1-2-6-4-9-5-10(6)7/h4-5,7H,1-3H2,(H,11,12)/t7-/m0/s1. The number of rotatable bonds is 1. The lowest BCUT2D eigenvalue weighted by Crippen LogP contribution is -2.23. The highest BCUT2D eigenvalue weighted by Crippen LogP contribution is 2.23. The van der Waals surface area contributed by atoms with Gasteiger partial charge in [-0.3, -0.25) is 0 Å². The van der Waals surface area contributed by atoms with Crippen molar-refractivity contribution < 1.29 is 9.90 Å². The van der Waals surface area contributed by atoms with E-state index in [1.807, 2.05) is 0 Å². The first-order valence-electron chi connectivity index (χ1n) is 4.02. The van der Waals surface area contributed by atoms with E-state index < -0.39 is 12.0 Å². The monoisotopic (exact) mass is 166 g/mol. The molecule has 1 aliphatic rings. The quantitative estimate of drug-likeness (QED) is 0.672. The number of hydrogen-bond acceptors (Lipinski definition) is 2. The number of carboxylic acid groups (broad SMARTS) is 1. The molecule has 1 aromatic heterocycles. The molecule has 0 saturated carbocycles. The van der Waals surface area contributed by atoms with Crippen LogP contribution in [0.1, 0.15) is 24.6 Å². The zero-order chi connectivity index (χ0) is 8.55. The number of carboxylic acids is 1. The van der Waals surface area contributed by atoms with Crippen LogP contribution in [0, 0.1) is 0 Å². The summed E-state index contributed by atoms with van der Waals surface area (Å²) >= 11 is 0. The average Bonchev–Trinajstić information content (AvgIpc) is 2.49. The number of carbonyl (C=O) groups is 1. The van der Waals surface area contributed by atoms with Crippen LogP contribution in [-0.4, -0.2) is 20.6 Å². The normalized spacial score (nSPS) is 21.8. The third-order valence-electron chi connectivity index (χ3n) is 2.28. The van der Waals surface area contributed by atoms with Crippen LogP contribution in [0.15, 0.2) is 12.5 Å². The van der Waals surface area contributed by atoms with Gasteiger partial charge < -0.3 is 9.67 Å². The summed E-state index contributed by atoms with van der Waals surface area (Å²) in [6.07, 6.45) is 5.97. The van der Waals surface area contributed by atoms with Gasteiger partial charge in [0.1, 0.15) is 6.04 Å². The minimum atomic E-state index is -0.756. The van der Waals surface area contributed by atoms with E-state index >= 15 is 0 Å². The van der Waals surface area contributed by atoms with E-state index in [1.165, 1.54) is 0 Å². The fourth-order valence-corrected chi connectivity index (χ4v) is 1.66. The fraction of sp³-hybridized carbons (Fsp3) is 0.500. The molecule has 0 spiro atoms. The van der Waals surface area contributed by atoms with Crippen LogP contribution in [0.4, 0.5) is 0 Å². The average molecular weight is 166 g/mol. The Morgan fingerprint density at radius 3 is 3.33 bits per heavy atom. The van der Waals surface area contributed by atoms with Crippen molar-refractivity contribution >= 4 is 5.97 Å². The van der Waals surface area contributed by atoms with Crippen LogP contribution in [0.3, 0.4) is 0 Å². The SMILES string of the molecule is O=C(O)[C@@H]1CCCc2cncn21. The largest absolute Gasteiger partial charge is 0.480 e. The molecule has 0 fully saturated rings. The molecule has 0 saturated heterocycles. The summed E-state index contributed by atoms with van der Waals surface area (Å²) < 4.78 is 1.76. The Morgan fingerprint density at radius 1 is 1.75 bits per heavy atom. The van der Waals surface area contributed by atoms with Crippen molar-refractivity contribution in [2.45, 2.75) is 25.3 Å². The van der Waals surface area contributed by atoms with Crippen molar-refractivity contribution in [3.8, 4) is 0 Å². The van der Waals surface area contributed by atoms with Gasteiger partial charge in [-0.15, -0.1) is 0 Å². The number of nitrogens with zero attached hydrogens (tertiary/aromatic N) is 2. The molecule has 0 unspecified atom stereocenters. The van der Waals surface area contributed by atoms with Crippen LogP contribution >= 0.6 is 0 Å². The number of aliphatic carboxylic acids is 1. The molecular weight excluding hydrogens is 156 g/mol. The van der Waals surface area contributed by atoms with Crippen molar-refractivity contribution in [2.75, 3.05) is 0 Å². The first kappa shape index (κ1) is 7.34. The molecule has 0 amide bonds. The topological polar surface area (TPSA) is 55.1 Å². The maximum atomic E-state index is 10.8. The Hall–Kier alpha value is -1.32. The third kappa shape index (κ3) is 0.995. The van der Waals surface area contributed by atoms with Gasteiger partial charge in [-0.25, -0.2) is 9.78 Å². The van der Waals surface area contributed by atoms with Crippen molar-refractivity contribution in [2.24, 2.45) is 0 Å². The summed E-state index contributed by atoms with van der Waals surface area (Å²) in [5.41, 5.74) is 1.04. The van der Waals surface area contributed by atoms with E-state index in [1.54, 1.807) is 17.1 Å². The van der Waals surface area contributed by atoms with E-state index in [-0.39, 0.29) is 0 Å². The summed E-state index contributed by atoms with van der Waals surface area (Å²) in [5.74, 6) is -0.756. The van der Waals surface area contributed by atoms with Gasteiger partial charge in [0.2, 0.25) is 0 Å². The first-order valence-corrected chi connectivity index (χ1v) is 4.02. The first-order chi connectivity index (χ1) is 5.79. The lowest BCUT2D eigenvalue weighted by atomic mass is 10.0. The highest BCUT2D eigenvalue weighted by molar-refractivity contribution is 5.72. The van der Waals surface area contributed by atoms with Crippen molar-refractivity contribution in [3.63, 3.8) is 0 Å². The van der Waals surface area contributed by atoms with Gasteiger partial charge in [-0.1, -0.05) is 0 Å². The molecule has 1 N–H and O–H groups in total. The summed E-state index contributed by atoms with van der Waals surface area (Å²) in [6.45, 7) is 0. The Labute approximate surface area is 69.8 Å². The maximum Gasteiger partial charge on any atom is 0.326 e. The van der Waals surface area contributed by atoms with Crippen molar-refractivity contribution in [3.05, 3.63) is 18.2 Å². The lowest BCUT2D eigenvalue weighted by Gasteiger charge is -2.21. The van der Waals surface area contributed by atoms with Crippen LogP contribution in [-0.2, 0) is 11.2 Å². The van der Waals surface area contributed by atoms with E-state index in [0.717, 1.165) is 25.0 Å². The summed E-state index contributed by atoms with van der Waals surface area (Å²) in [6, 6.07) is -0.392. The van der Waals surface area contributed by atoms with Gasteiger partial charge in [0.15, 0.2) is 0 Å². The second-order valence-electron chi connectivity index (χ2n) is 3.04. The molecule has 4 heteroatoms. The molecule has 64 valence electrons. The number of aryl methyl sites for hydroxylation is 1. The Balaban J connectivity index is 2.37. The molecule has 2 rings (SSSR count). The molecule has 2 heterocycles. The predicted molar refractivity (Wildman–Crippen MR) is 41.8 cm³/mol. The second-order valence-corrected chi connectivity index (χ2v) is 3.04. The molecular formula is C8H10N2O2. The zero-order valence-electron chi connectivity index (χ0n) is 6.60. The molecule has 12 heavy (non-hydrogen) atoms. The smallest absolute Gasteiger partial charge is 0.326 e. The van der Waals surface area contributed by atoms with Gasteiger partial charge >= 0.3 is 5.97 Å². The van der Waals surface area contributed by atoms with E-state index in [2.05, 4.69) is 4.98 Å². The van der Waals surface area contributed by atoms with E-state index in [0.29, 0.717) is 0 Å². The molecule has 1 aromatic rings. The number of fused-ring (bicyclic) bond motifs is 1. The molecule has 1 atom stereocenters. The number of hydrogen-bond donors (Lipinski definition) is 1. The van der Waals surface area contributed by atoms with Gasteiger partial charge in [-0.2, -0.15) is 0 Å². The fourth-order valence-electron chi connectivity index (χ4n) is 1.66. The Bertz CT molecular complexity index is 306. The van der Waals surface area contributed by atoms with Crippen LogP contribution < -0.4 is 0 Å². The molecule has 4 nitrogen and oxygen atoms in total. The molecule has 0 aromatic carbocycles. The van der Waals surface area contributed by atoms with Crippen LogP contribution in [0.5, 0.6) is 0 Å². The number of aromatic nitrogens is 2. The summed E-state index contributed by atoms with van der Waals surface area (Å²) in [4.78, 5) is 14.7. The summed E-state index contributed by atoms with van der Waals surface area (Å²) in [5, 5.41) is 8.85. The van der Waals surface area contributed by atoms with Gasteiger partial charge in [-0.05, 0) is 19.3 Å². The lowest BCUT2D eigenvalue weighted by molar-refractivity contribution is -0.141. The van der Waals surface area contributed by atoms with Gasteiger partial charge in [0, 0.05) is 11.9 Å². The zero-order valence-corrected chi connectivity index (χ0v) is 6.60. The molecule has 0 aliphatic carbocycles. The number of imidazole rings is 1. The van der Waals surface area contributed by atoms with E-state index in [9.17, 15) is 4.79 Å². The van der Waals surface area contributed by atoms with Crippen LogP contribution in [0.25, 0.3) is 0 Å². The van der Waals surface area contributed by atoms with Gasteiger partial charge in [0.05, 0.1) is 6.33 Å². The Morgan fingerprint density at radius 2 is 2.58 bits per heavy atom. The van der Waals surface area contributed by atoms with Crippen molar-refractivity contribution in [1.82, 2.24) is 9.55 Å². The molecule has 0 bridgehead atoms. The van der Waals surface area contributed by atoms with Crippen molar-refractivity contribution in [1.29, 1.82) is 0 Å².